The molecule has 0 unspecified atom stereocenters. The highest BCUT2D eigenvalue weighted by atomic mass is 16.5. The number of piperidine rings is 1. The molecule has 0 aromatic heterocycles. The van der Waals surface area contributed by atoms with Crippen molar-refractivity contribution in [1.29, 1.82) is 0 Å². The first-order valence-electron chi connectivity index (χ1n) is 13.8. The van der Waals surface area contributed by atoms with Gasteiger partial charge in [0.1, 0.15) is 18.1 Å². The van der Waals surface area contributed by atoms with Gasteiger partial charge in [0.15, 0.2) is 0 Å². The van der Waals surface area contributed by atoms with Crippen LogP contribution < -0.4 is 14.8 Å². The molecule has 1 fully saturated rings. The summed E-state index contributed by atoms with van der Waals surface area (Å²) in [4.78, 5) is 43.5. The number of likely N-dealkylation sites (N-methyl/N-ethyl adjacent to an activating group) is 1. The fourth-order valence-corrected chi connectivity index (χ4v) is 5.85. The second kappa shape index (κ2) is 11.5. The van der Waals surface area contributed by atoms with E-state index < -0.39 is 5.41 Å². The highest BCUT2D eigenvalue weighted by Crippen LogP contribution is 2.39. The number of likely N-dealkylation sites (tertiary alicyclic amines) is 1. The standard InChI is InChI=1S/C30H37N3O5/c1-32-18-20-38-26-9-3-2-8-24(26)27(34)31-15-5-4-12-30(29(32)36)13-16-33(17-14-30)28(35)23-10-11-25-22(21-23)7-6-19-37-25/h2-3,8-11,21H,4-7,12-20H2,1H3,(H,31,34). The number of ether oxygens (including phenoxy) is 2. The van der Waals surface area contributed by atoms with Gasteiger partial charge in [-0.1, -0.05) is 18.6 Å². The van der Waals surface area contributed by atoms with Gasteiger partial charge in [-0.2, -0.15) is 0 Å². The first-order chi connectivity index (χ1) is 18.5. The van der Waals surface area contributed by atoms with Crippen LogP contribution in [0.3, 0.4) is 0 Å². The second-order valence-corrected chi connectivity index (χ2v) is 10.6. The van der Waals surface area contributed by atoms with E-state index in [1.165, 1.54) is 0 Å². The zero-order valence-electron chi connectivity index (χ0n) is 22.2. The van der Waals surface area contributed by atoms with Crippen LogP contribution in [0, 0.1) is 5.41 Å². The van der Waals surface area contributed by atoms with E-state index in [0.717, 1.165) is 50.0 Å². The second-order valence-electron chi connectivity index (χ2n) is 10.6. The minimum absolute atomic E-state index is 0.0182. The molecule has 8 nitrogen and oxygen atoms in total. The molecule has 5 rings (SSSR count). The number of rotatable bonds is 1. The number of hydrogen-bond donors (Lipinski definition) is 1. The Morgan fingerprint density at radius 2 is 1.68 bits per heavy atom. The van der Waals surface area contributed by atoms with E-state index in [-0.39, 0.29) is 17.7 Å². The first kappa shape index (κ1) is 26.1. The number of carbonyl (C=O) groups excluding carboxylic acids is 3. The van der Waals surface area contributed by atoms with Crippen molar-refractivity contribution < 1.29 is 23.9 Å². The molecule has 3 heterocycles. The molecule has 1 N–H and O–H groups in total. The summed E-state index contributed by atoms with van der Waals surface area (Å²) in [6.45, 7) is 3.09. The Kier molecular flexibility index (Phi) is 7.86. The minimum atomic E-state index is -0.513. The Bertz CT molecular complexity index is 1190. The van der Waals surface area contributed by atoms with Gasteiger partial charge in [-0.25, -0.2) is 0 Å². The number of hydrogen-bond acceptors (Lipinski definition) is 5. The number of aryl methyl sites for hydroxylation is 1. The Balaban J connectivity index is 1.26. The van der Waals surface area contributed by atoms with Gasteiger partial charge in [0.2, 0.25) is 5.91 Å². The Morgan fingerprint density at radius 1 is 0.895 bits per heavy atom. The van der Waals surface area contributed by atoms with Crippen LogP contribution in [0.1, 0.15) is 64.8 Å². The van der Waals surface area contributed by atoms with Gasteiger partial charge < -0.3 is 24.6 Å². The van der Waals surface area contributed by atoms with Crippen molar-refractivity contribution in [3.63, 3.8) is 0 Å². The fraction of sp³-hybridized carbons (Fsp3) is 0.500. The van der Waals surface area contributed by atoms with Gasteiger partial charge in [-0.05, 0) is 74.4 Å². The Labute approximate surface area is 224 Å². The summed E-state index contributed by atoms with van der Waals surface area (Å²) in [5.41, 5.74) is 1.78. The van der Waals surface area contributed by atoms with E-state index >= 15 is 0 Å². The third-order valence-electron chi connectivity index (χ3n) is 8.15. The number of nitrogens with zero attached hydrogens (tertiary/aromatic N) is 2. The first-order valence-corrected chi connectivity index (χ1v) is 13.8. The lowest BCUT2D eigenvalue weighted by atomic mass is 9.73. The monoisotopic (exact) mass is 519 g/mol. The molecule has 1 saturated heterocycles. The predicted octanol–water partition coefficient (Wildman–Crippen LogP) is 3.69. The lowest BCUT2D eigenvalue weighted by molar-refractivity contribution is -0.144. The summed E-state index contributed by atoms with van der Waals surface area (Å²) >= 11 is 0. The van der Waals surface area contributed by atoms with E-state index in [0.29, 0.717) is 62.5 Å². The molecular weight excluding hydrogens is 482 g/mol. The average Bonchev–Trinajstić information content (AvgIpc) is 2.96. The summed E-state index contributed by atoms with van der Waals surface area (Å²) in [7, 11) is 1.82. The van der Waals surface area contributed by atoms with Crippen molar-refractivity contribution in [3.05, 3.63) is 59.2 Å². The van der Waals surface area contributed by atoms with Crippen molar-refractivity contribution in [3.8, 4) is 11.5 Å². The zero-order valence-corrected chi connectivity index (χ0v) is 22.2. The molecule has 1 spiro atoms. The van der Waals surface area contributed by atoms with Gasteiger partial charge in [0, 0.05) is 32.2 Å². The zero-order chi connectivity index (χ0) is 26.5. The maximum Gasteiger partial charge on any atom is 0.255 e. The highest BCUT2D eigenvalue weighted by molar-refractivity contribution is 5.97. The molecule has 3 aliphatic rings. The molecule has 2 aromatic rings. The van der Waals surface area contributed by atoms with Crippen molar-refractivity contribution in [2.24, 2.45) is 5.41 Å². The predicted molar refractivity (Wildman–Crippen MR) is 144 cm³/mol. The SMILES string of the molecule is CN1CCOc2ccccc2C(=O)NCCCCC2(CCN(C(=O)c3ccc4c(c3)CCCO4)CC2)C1=O. The normalized spacial score (nSPS) is 20.3. The number of fused-ring (bicyclic) bond motifs is 2. The van der Waals surface area contributed by atoms with E-state index in [1.807, 2.05) is 42.3 Å². The van der Waals surface area contributed by atoms with E-state index in [4.69, 9.17) is 9.47 Å². The van der Waals surface area contributed by atoms with Crippen LogP contribution in [0.25, 0.3) is 0 Å². The molecule has 0 saturated carbocycles. The van der Waals surface area contributed by atoms with Gasteiger partial charge in [0.05, 0.1) is 24.1 Å². The van der Waals surface area contributed by atoms with Gasteiger partial charge in [0.25, 0.3) is 11.8 Å². The summed E-state index contributed by atoms with van der Waals surface area (Å²) in [6, 6.07) is 12.9. The van der Waals surface area contributed by atoms with Crippen molar-refractivity contribution in [2.75, 3.05) is 46.4 Å². The van der Waals surface area contributed by atoms with Crippen LogP contribution in [0.15, 0.2) is 42.5 Å². The topological polar surface area (TPSA) is 88.2 Å². The van der Waals surface area contributed by atoms with Crippen molar-refractivity contribution in [1.82, 2.24) is 15.1 Å². The molecule has 8 heteroatoms. The van der Waals surface area contributed by atoms with Crippen molar-refractivity contribution in [2.45, 2.75) is 44.9 Å². The van der Waals surface area contributed by atoms with Gasteiger partial charge in [-0.15, -0.1) is 0 Å². The van der Waals surface area contributed by atoms with Crippen LogP contribution in [0.2, 0.25) is 0 Å². The van der Waals surface area contributed by atoms with Crippen LogP contribution in [-0.4, -0.2) is 74.0 Å². The molecule has 38 heavy (non-hydrogen) atoms. The fourth-order valence-electron chi connectivity index (χ4n) is 5.85. The lowest BCUT2D eigenvalue weighted by Gasteiger charge is -2.43. The van der Waals surface area contributed by atoms with Gasteiger partial charge in [-0.3, -0.25) is 14.4 Å². The molecule has 0 atom stereocenters. The van der Waals surface area contributed by atoms with E-state index in [9.17, 15) is 14.4 Å². The smallest absolute Gasteiger partial charge is 0.255 e. The molecule has 202 valence electrons. The number of nitrogens with one attached hydrogen (secondary N) is 1. The van der Waals surface area contributed by atoms with Crippen LogP contribution in [0.5, 0.6) is 11.5 Å². The Morgan fingerprint density at radius 3 is 2.53 bits per heavy atom. The molecule has 0 radical (unpaired) electrons. The number of para-hydroxylation sites is 1. The lowest BCUT2D eigenvalue weighted by Crippen LogP contribution is -2.51. The van der Waals surface area contributed by atoms with Crippen LogP contribution in [-0.2, 0) is 11.2 Å². The maximum absolute atomic E-state index is 13.8. The number of benzene rings is 2. The summed E-state index contributed by atoms with van der Waals surface area (Å²) in [5, 5.41) is 2.99. The molecule has 3 aliphatic heterocycles. The summed E-state index contributed by atoms with van der Waals surface area (Å²) < 4.78 is 11.6. The molecule has 3 amide bonds. The average molecular weight is 520 g/mol. The van der Waals surface area contributed by atoms with Crippen molar-refractivity contribution >= 4 is 17.7 Å². The van der Waals surface area contributed by atoms with Crippen LogP contribution >= 0.6 is 0 Å². The maximum atomic E-state index is 13.8. The summed E-state index contributed by atoms with van der Waals surface area (Å²) in [6.07, 6.45) is 5.51. The molecule has 2 aromatic carbocycles. The number of carbonyl (C=O) groups is 3. The van der Waals surface area contributed by atoms with E-state index in [1.54, 1.807) is 17.0 Å². The Hall–Kier alpha value is -3.55. The van der Waals surface area contributed by atoms with Gasteiger partial charge >= 0.3 is 0 Å². The van der Waals surface area contributed by atoms with E-state index in [2.05, 4.69) is 5.32 Å². The molecule has 0 bridgehead atoms. The molecule has 0 aliphatic carbocycles. The minimum Gasteiger partial charge on any atom is -0.493 e. The summed E-state index contributed by atoms with van der Waals surface area (Å²) in [5.74, 6) is 1.40. The largest absolute Gasteiger partial charge is 0.493 e. The third-order valence-corrected chi connectivity index (χ3v) is 8.15. The molecular formula is C30H37N3O5. The highest BCUT2D eigenvalue weighted by Gasteiger charge is 2.43. The third kappa shape index (κ3) is 5.49. The van der Waals surface area contributed by atoms with Crippen LogP contribution in [0.4, 0.5) is 0 Å². The number of amides is 3. The quantitative estimate of drug-likeness (QED) is 0.621.